The van der Waals surface area contributed by atoms with E-state index in [0.717, 1.165) is 43.3 Å². The van der Waals surface area contributed by atoms with Crippen LogP contribution in [0.2, 0.25) is 0 Å². The van der Waals surface area contributed by atoms with Crippen molar-refractivity contribution >= 4 is 32.9 Å². The maximum absolute atomic E-state index is 5.92. The summed E-state index contributed by atoms with van der Waals surface area (Å²) in [5.74, 6) is 0. The first-order valence-corrected chi connectivity index (χ1v) is 8.14. The third-order valence-electron chi connectivity index (χ3n) is 3.75. The van der Waals surface area contributed by atoms with Gasteiger partial charge in [0.1, 0.15) is 5.01 Å². The van der Waals surface area contributed by atoms with Gasteiger partial charge in [-0.2, -0.15) is 0 Å². The summed E-state index contributed by atoms with van der Waals surface area (Å²) in [7, 11) is 0. The minimum atomic E-state index is 0.748. The number of nitrogens with two attached hydrogens (primary N) is 2. The Balaban J connectivity index is 1.91. The molecule has 0 unspecified atom stereocenters. The summed E-state index contributed by atoms with van der Waals surface area (Å²) in [4.78, 5) is 4.85. The van der Waals surface area contributed by atoms with Crippen molar-refractivity contribution < 1.29 is 0 Å². The van der Waals surface area contributed by atoms with Crippen LogP contribution in [0.4, 0.5) is 11.4 Å². The SMILES string of the molecule is Nc1cccc(-c2nc3c(-c4cccc(N)c4)cccc3s2)c1. The number of rotatable bonds is 2. The second-order valence-electron chi connectivity index (χ2n) is 5.42. The summed E-state index contributed by atoms with van der Waals surface area (Å²) < 4.78 is 1.15. The molecule has 112 valence electrons. The van der Waals surface area contributed by atoms with Gasteiger partial charge in [-0.1, -0.05) is 36.4 Å². The molecule has 23 heavy (non-hydrogen) atoms. The van der Waals surface area contributed by atoms with Crippen LogP contribution >= 0.6 is 11.3 Å². The third-order valence-corrected chi connectivity index (χ3v) is 4.82. The molecule has 3 aromatic carbocycles. The van der Waals surface area contributed by atoms with Gasteiger partial charge in [0.15, 0.2) is 0 Å². The molecule has 0 atom stereocenters. The van der Waals surface area contributed by atoms with E-state index < -0.39 is 0 Å². The standard InChI is InChI=1S/C19H15N3S/c20-14-6-1-4-12(10-14)16-8-3-9-17-18(16)22-19(23-17)13-5-2-7-15(21)11-13/h1-11H,20-21H2. The molecule has 0 saturated heterocycles. The van der Waals surface area contributed by atoms with E-state index in [1.807, 2.05) is 42.5 Å². The second kappa shape index (κ2) is 5.41. The van der Waals surface area contributed by atoms with Crippen LogP contribution in [0.1, 0.15) is 0 Å². The lowest BCUT2D eigenvalue weighted by Crippen LogP contribution is -1.86. The normalized spacial score (nSPS) is 11.0. The van der Waals surface area contributed by atoms with E-state index in [-0.39, 0.29) is 0 Å². The molecule has 0 saturated carbocycles. The highest BCUT2D eigenvalue weighted by Crippen LogP contribution is 2.36. The highest BCUT2D eigenvalue weighted by molar-refractivity contribution is 7.21. The number of fused-ring (bicyclic) bond motifs is 1. The number of nitrogen functional groups attached to an aromatic ring is 2. The van der Waals surface area contributed by atoms with Crippen molar-refractivity contribution in [1.82, 2.24) is 4.98 Å². The Labute approximate surface area is 138 Å². The molecule has 0 amide bonds. The summed E-state index contributed by atoms with van der Waals surface area (Å²) in [5.41, 5.74) is 17.5. The van der Waals surface area contributed by atoms with Crippen LogP contribution in [0.15, 0.2) is 66.7 Å². The zero-order valence-corrected chi connectivity index (χ0v) is 13.2. The monoisotopic (exact) mass is 317 g/mol. The van der Waals surface area contributed by atoms with Crippen LogP contribution in [0, 0.1) is 0 Å². The number of anilines is 2. The lowest BCUT2D eigenvalue weighted by molar-refractivity contribution is 1.47. The van der Waals surface area contributed by atoms with Crippen molar-refractivity contribution in [2.45, 2.75) is 0 Å². The summed E-state index contributed by atoms with van der Waals surface area (Å²) >= 11 is 1.67. The van der Waals surface area contributed by atoms with Gasteiger partial charge in [0.05, 0.1) is 10.2 Å². The minimum absolute atomic E-state index is 0.748. The van der Waals surface area contributed by atoms with Crippen molar-refractivity contribution in [2.75, 3.05) is 11.5 Å². The lowest BCUT2D eigenvalue weighted by Gasteiger charge is -2.03. The summed E-state index contributed by atoms with van der Waals surface area (Å²) in [6.07, 6.45) is 0. The fraction of sp³-hybridized carbons (Fsp3) is 0. The Morgan fingerprint density at radius 1 is 0.739 bits per heavy atom. The number of nitrogens with zero attached hydrogens (tertiary/aromatic N) is 1. The molecule has 3 nitrogen and oxygen atoms in total. The van der Waals surface area contributed by atoms with E-state index in [4.69, 9.17) is 16.5 Å². The zero-order valence-electron chi connectivity index (χ0n) is 12.4. The Bertz CT molecular complexity index is 1000. The summed E-state index contributed by atoms with van der Waals surface area (Å²) in [6, 6.07) is 22.0. The predicted molar refractivity (Wildman–Crippen MR) is 99.3 cm³/mol. The zero-order chi connectivity index (χ0) is 15.8. The van der Waals surface area contributed by atoms with Crippen LogP contribution in [0.5, 0.6) is 0 Å². The van der Waals surface area contributed by atoms with E-state index in [9.17, 15) is 0 Å². The van der Waals surface area contributed by atoms with Crippen molar-refractivity contribution in [3.05, 3.63) is 66.7 Å². The molecule has 1 heterocycles. The molecule has 4 rings (SSSR count). The highest BCUT2D eigenvalue weighted by atomic mass is 32.1. The molecule has 0 radical (unpaired) electrons. The van der Waals surface area contributed by atoms with Crippen molar-refractivity contribution in [1.29, 1.82) is 0 Å². The van der Waals surface area contributed by atoms with Gasteiger partial charge < -0.3 is 11.5 Å². The number of aromatic nitrogens is 1. The summed E-state index contributed by atoms with van der Waals surface area (Å²) in [5, 5.41) is 0.976. The molecule has 4 N–H and O–H groups in total. The van der Waals surface area contributed by atoms with E-state index in [2.05, 4.69) is 24.3 Å². The first kappa shape index (κ1) is 13.8. The van der Waals surface area contributed by atoms with Crippen LogP contribution in [-0.4, -0.2) is 4.98 Å². The molecule has 0 spiro atoms. The van der Waals surface area contributed by atoms with Crippen molar-refractivity contribution in [3.8, 4) is 21.7 Å². The fourth-order valence-corrected chi connectivity index (χ4v) is 3.67. The molecule has 0 bridgehead atoms. The van der Waals surface area contributed by atoms with Gasteiger partial charge in [0.2, 0.25) is 0 Å². The number of para-hydroxylation sites is 1. The fourth-order valence-electron chi connectivity index (χ4n) is 2.68. The molecular formula is C19H15N3S. The minimum Gasteiger partial charge on any atom is -0.399 e. The molecular weight excluding hydrogens is 302 g/mol. The van der Waals surface area contributed by atoms with E-state index >= 15 is 0 Å². The Hall–Kier alpha value is -2.85. The number of hydrogen-bond donors (Lipinski definition) is 2. The number of thiazole rings is 1. The van der Waals surface area contributed by atoms with Gasteiger partial charge in [0, 0.05) is 22.5 Å². The van der Waals surface area contributed by atoms with Gasteiger partial charge in [0.25, 0.3) is 0 Å². The highest BCUT2D eigenvalue weighted by Gasteiger charge is 2.11. The average molecular weight is 317 g/mol. The molecule has 0 aliphatic heterocycles. The largest absolute Gasteiger partial charge is 0.399 e. The molecule has 4 aromatic rings. The van der Waals surface area contributed by atoms with E-state index in [0.29, 0.717) is 0 Å². The van der Waals surface area contributed by atoms with E-state index in [1.54, 1.807) is 11.3 Å². The van der Waals surface area contributed by atoms with Crippen LogP contribution in [0.3, 0.4) is 0 Å². The number of benzene rings is 3. The van der Waals surface area contributed by atoms with E-state index in [1.165, 1.54) is 0 Å². The predicted octanol–water partition coefficient (Wildman–Crippen LogP) is 4.79. The molecule has 4 heteroatoms. The van der Waals surface area contributed by atoms with Crippen LogP contribution in [-0.2, 0) is 0 Å². The van der Waals surface area contributed by atoms with Crippen LogP contribution in [0.25, 0.3) is 31.9 Å². The van der Waals surface area contributed by atoms with Gasteiger partial charge in [-0.3, -0.25) is 0 Å². The smallest absolute Gasteiger partial charge is 0.124 e. The molecule has 0 aliphatic rings. The third kappa shape index (κ3) is 2.53. The van der Waals surface area contributed by atoms with Crippen molar-refractivity contribution in [3.63, 3.8) is 0 Å². The average Bonchev–Trinajstić information content (AvgIpc) is 2.99. The molecule has 1 aromatic heterocycles. The van der Waals surface area contributed by atoms with Crippen molar-refractivity contribution in [2.24, 2.45) is 0 Å². The Morgan fingerprint density at radius 3 is 2.13 bits per heavy atom. The topological polar surface area (TPSA) is 64.9 Å². The van der Waals surface area contributed by atoms with Gasteiger partial charge in [-0.15, -0.1) is 11.3 Å². The van der Waals surface area contributed by atoms with Gasteiger partial charge >= 0.3 is 0 Å². The molecule has 0 aliphatic carbocycles. The van der Waals surface area contributed by atoms with Crippen LogP contribution < -0.4 is 11.5 Å². The molecule has 0 fully saturated rings. The lowest BCUT2D eigenvalue weighted by atomic mass is 10.0. The summed E-state index contributed by atoms with van der Waals surface area (Å²) in [6.45, 7) is 0. The second-order valence-corrected chi connectivity index (χ2v) is 6.45. The first-order chi connectivity index (χ1) is 11.2. The van der Waals surface area contributed by atoms with Gasteiger partial charge in [-0.05, 0) is 35.9 Å². The Morgan fingerprint density at radius 2 is 1.39 bits per heavy atom. The van der Waals surface area contributed by atoms with Gasteiger partial charge in [-0.25, -0.2) is 4.98 Å². The number of hydrogen-bond acceptors (Lipinski definition) is 4. The Kier molecular flexibility index (Phi) is 3.24. The maximum Gasteiger partial charge on any atom is 0.124 e. The quantitative estimate of drug-likeness (QED) is 0.522. The maximum atomic E-state index is 5.92. The first-order valence-electron chi connectivity index (χ1n) is 7.32.